The van der Waals surface area contributed by atoms with Crippen molar-refractivity contribution in [3.8, 4) is 6.01 Å². The van der Waals surface area contributed by atoms with E-state index in [9.17, 15) is 4.79 Å². The smallest absolute Gasteiger partial charge is 0.318 e. The van der Waals surface area contributed by atoms with Crippen LogP contribution >= 0.6 is 11.6 Å². The van der Waals surface area contributed by atoms with Gasteiger partial charge in [-0.1, -0.05) is 49.0 Å². The molecule has 1 amide bonds. The Morgan fingerprint density at radius 2 is 1.98 bits per heavy atom. The first kappa shape index (κ1) is 27.5. The predicted octanol–water partition coefficient (Wildman–Crippen LogP) is 4.61. The highest BCUT2D eigenvalue weighted by Gasteiger charge is 2.44. The Balaban J connectivity index is 1.33. The van der Waals surface area contributed by atoms with E-state index < -0.39 is 0 Å². The summed E-state index contributed by atoms with van der Waals surface area (Å²) in [4.78, 5) is 28.8. The van der Waals surface area contributed by atoms with Gasteiger partial charge in [0.15, 0.2) is 0 Å². The van der Waals surface area contributed by atoms with Crippen molar-refractivity contribution in [2.24, 2.45) is 5.41 Å². The molecular formula is C32H37ClN6O2. The average molecular weight is 573 g/mol. The fourth-order valence-electron chi connectivity index (χ4n) is 6.18. The molecular weight excluding hydrogens is 536 g/mol. The van der Waals surface area contributed by atoms with Crippen LogP contribution in [-0.4, -0.2) is 73.7 Å². The summed E-state index contributed by atoms with van der Waals surface area (Å²) in [5, 5.41) is 5.92. The second-order valence-corrected chi connectivity index (χ2v) is 12.3. The number of amides is 1. The molecule has 1 saturated carbocycles. The maximum atomic E-state index is 12.0. The van der Waals surface area contributed by atoms with Gasteiger partial charge in [-0.05, 0) is 62.5 Å². The molecule has 2 fully saturated rings. The lowest BCUT2D eigenvalue weighted by Crippen LogP contribution is -2.38. The van der Waals surface area contributed by atoms with Gasteiger partial charge in [0, 0.05) is 48.2 Å². The zero-order valence-corrected chi connectivity index (χ0v) is 24.6. The van der Waals surface area contributed by atoms with Gasteiger partial charge in [-0.3, -0.25) is 4.79 Å². The molecule has 1 saturated heterocycles. The summed E-state index contributed by atoms with van der Waals surface area (Å²) in [5.41, 5.74) is 4.29. The SMILES string of the molecule is C=CC(=O)NC1CN(c2nc(OCC3(CN(C)C)CC3)nc3c2CCN(c2cccc4cccc(Cl)c24)C3)CC1=C. The van der Waals surface area contributed by atoms with E-state index >= 15 is 0 Å². The molecule has 1 aliphatic carbocycles. The lowest BCUT2D eigenvalue weighted by molar-refractivity contribution is -0.116. The van der Waals surface area contributed by atoms with E-state index in [0.29, 0.717) is 32.3 Å². The monoisotopic (exact) mass is 572 g/mol. The molecule has 2 aromatic carbocycles. The predicted molar refractivity (Wildman–Crippen MR) is 165 cm³/mol. The summed E-state index contributed by atoms with van der Waals surface area (Å²) in [5.74, 6) is 0.668. The van der Waals surface area contributed by atoms with Gasteiger partial charge in [-0.2, -0.15) is 9.97 Å². The maximum absolute atomic E-state index is 12.0. The number of ether oxygens (including phenoxy) is 1. The van der Waals surface area contributed by atoms with Crippen molar-refractivity contribution in [2.45, 2.75) is 31.8 Å². The summed E-state index contributed by atoms with van der Waals surface area (Å²) in [7, 11) is 4.20. The molecule has 0 spiro atoms. The number of nitrogens with zero attached hydrogens (tertiary/aromatic N) is 5. The topological polar surface area (TPSA) is 73.8 Å². The standard InChI is InChI=1S/C32H37ClN6O2/c1-5-28(40)34-25-17-39(16-21(25)2)30-23-12-15-38(27-11-7-9-22-8-6-10-24(33)29(22)27)18-26(23)35-31(36-30)41-20-32(13-14-32)19-37(3)4/h5-11,25H,1-2,12-20H2,3-4H3,(H,34,40). The Kier molecular flexibility index (Phi) is 7.38. The summed E-state index contributed by atoms with van der Waals surface area (Å²) in [6, 6.07) is 12.6. The molecule has 0 bridgehead atoms. The minimum Gasteiger partial charge on any atom is -0.463 e. The van der Waals surface area contributed by atoms with Crippen LogP contribution in [0.25, 0.3) is 10.8 Å². The number of rotatable bonds is 9. The number of anilines is 2. The number of hydrogen-bond acceptors (Lipinski definition) is 7. The second-order valence-electron chi connectivity index (χ2n) is 11.9. The minimum absolute atomic E-state index is 0.163. The molecule has 3 aliphatic rings. The van der Waals surface area contributed by atoms with Crippen LogP contribution in [0.15, 0.2) is 61.2 Å². The summed E-state index contributed by atoms with van der Waals surface area (Å²) in [6.45, 7) is 12.0. The minimum atomic E-state index is -0.202. The Bertz CT molecular complexity index is 1510. The molecule has 6 rings (SSSR count). The van der Waals surface area contributed by atoms with Crippen LogP contribution in [0.3, 0.4) is 0 Å². The number of carbonyl (C=O) groups excluding carboxylic acids is 1. The van der Waals surface area contributed by atoms with Crippen molar-refractivity contribution in [1.29, 1.82) is 0 Å². The van der Waals surface area contributed by atoms with Crippen LogP contribution in [0.4, 0.5) is 11.5 Å². The van der Waals surface area contributed by atoms with E-state index in [-0.39, 0.29) is 17.4 Å². The molecule has 0 radical (unpaired) electrons. The highest BCUT2D eigenvalue weighted by Crippen LogP contribution is 2.46. The fraction of sp³-hybridized carbons (Fsp3) is 0.406. The Morgan fingerprint density at radius 3 is 2.71 bits per heavy atom. The van der Waals surface area contributed by atoms with E-state index in [1.54, 1.807) is 0 Å². The van der Waals surface area contributed by atoms with Crippen molar-refractivity contribution in [3.05, 3.63) is 77.5 Å². The summed E-state index contributed by atoms with van der Waals surface area (Å²) < 4.78 is 6.35. The molecule has 8 nitrogen and oxygen atoms in total. The number of hydrogen-bond donors (Lipinski definition) is 1. The van der Waals surface area contributed by atoms with Crippen LogP contribution in [0.5, 0.6) is 6.01 Å². The largest absolute Gasteiger partial charge is 0.463 e. The van der Waals surface area contributed by atoms with Gasteiger partial charge in [0.2, 0.25) is 5.91 Å². The molecule has 1 unspecified atom stereocenters. The number of benzene rings is 2. The van der Waals surface area contributed by atoms with Gasteiger partial charge < -0.3 is 24.8 Å². The Hall–Kier alpha value is -3.62. The molecule has 1 aromatic heterocycles. The summed E-state index contributed by atoms with van der Waals surface area (Å²) >= 11 is 6.69. The molecule has 214 valence electrons. The fourth-order valence-corrected chi connectivity index (χ4v) is 6.46. The quantitative estimate of drug-likeness (QED) is 0.296. The number of nitrogens with one attached hydrogen (secondary N) is 1. The molecule has 2 aliphatic heterocycles. The van der Waals surface area contributed by atoms with E-state index in [0.717, 1.165) is 76.5 Å². The highest BCUT2D eigenvalue weighted by molar-refractivity contribution is 6.36. The number of halogens is 1. The van der Waals surface area contributed by atoms with Crippen LogP contribution in [0, 0.1) is 5.41 Å². The van der Waals surface area contributed by atoms with E-state index in [1.165, 1.54) is 6.08 Å². The van der Waals surface area contributed by atoms with Gasteiger partial charge in [0.25, 0.3) is 0 Å². The van der Waals surface area contributed by atoms with Gasteiger partial charge in [-0.25, -0.2) is 0 Å². The zero-order valence-electron chi connectivity index (χ0n) is 23.8. The average Bonchev–Trinajstić information content (AvgIpc) is 3.63. The Morgan fingerprint density at radius 1 is 1.20 bits per heavy atom. The van der Waals surface area contributed by atoms with E-state index in [2.05, 4.69) is 71.5 Å². The molecule has 3 aromatic rings. The maximum Gasteiger partial charge on any atom is 0.318 e. The third-order valence-electron chi connectivity index (χ3n) is 8.40. The third-order valence-corrected chi connectivity index (χ3v) is 8.72. The van der Waals surface area contributed by atoms with Crippen molar-refractivity contribution >= 4 is 39.8 Å². The van der Waals surface area contributed by atoms with E-state index in [1.807, 2.05) is 12.1 Å². The van der Waals surface area contributed by atoms with E-state index in [4.69, 9.17) is 26.3 Å². The van der Waals surface area contributed by atoms with Crippen LogP contribution in [0.2, 0.25) is 5.02 Å². The number of aromatic nitrogens is 2. The van der Waals surface area contributed by atoms with Crippen LogP contribution < -0.4 is 19.9 Å². The van der Waals surface area contributed by atoms with Crippen molar-refractivity contribution in [1.82, 2.24) is 20.2 Å². The van der Waals surface area contributed by atoms with Crippen molar-refractivity contribution < 1.29 is 9.53 Å². The molecule has 41 heavy (non-hydrogen) atoms. The Labute approximate surface area is 246 Å². The van der Waals surface area contributed by atoms with Gasteiger partial charge in [0.05, 0.1) is 29.9 Å². The normalized spacial score (nSPS) is 19.4. The highest BCUT2D eigenvalue weighted by atomic mass is 35.5. The van der Waals surface area contributed by atoms with Crippen molar-refractivity contribution in [3.63, 3.8) is 0 Å². The first-order valence-corrected chi connectivity index (χ1v) is 14.6. The zero-order chi connectivity index (χ0) is 28.7. The van der Waals surface area contributed by atoms with Gasteiger partial charge in [-0.15, -0.1) is 0 Å². The first-order chi connectivity index (χ1) is 19.7. The summed E-state index contributed by atoms with van der Waals surface area (Å²) in [6.07, 6.45) is 4.37. The second kappa shape index (κ2) is 11.0. The van der Waals surface area contributed by atoms with Crippen LogP contribution in [-0.2, 0) is 17.8 Å². The lowest BCUT2D eigenvalue weighted by Gasteiger charge is -2.33. The van der Waals surface area contributed by atoms with Gasteiger partial charge >= 0.3 is 6.01 Å². The third kappa shape index (κ3) is 5.63. The lowest BCUT2D eigenvalue weighted by atomic mass is 10.0. The van der Waals surface area contributed by atoms with Gasteiger partial charge in [0.1, 0.15) is 5.82 Å². The number of carbonyl (C=O) groups is 1. The number of fused-ring (bicyclic) bond motifs is 2. The molecule has 9 heteroatoms. The first-order valence-electron chi connectivity index (χ1n) is 14.2. The molecule has 3 heterocycles. The molecule has 1 N–H and O–H groups in total. The molecule has 1 atom stereocenters. The van der Waals surface area contributed by atoms with Crippen LogP contribution in [0.1, 0.15) is 24.1 Å². The van der Waals surface area contributed by atoms with Crippen molar-refractivity contribution in [2.75, 3.05) is 56.7 Å².